The lowest BCUT2D eigenvalue weighted by atomic mass is 9.85. The molecule has 0 N–H and O–H groups in total. The molecule has 0 aliphatic heterocycles. The highest BCUT2D eigenvalue weighted by Crippen LogP contribution is 2.26. The smallest absolute Gasteiger partial charge is 0.133 e. The molecule has 0 amide bonds. The van der Waals surface area contributed by atoms with Crippen molar-refractivity contribution in [2.24, 2.45) is 5.92 Å². The number of halogens is 1. The van der Waals surface area contributed by atoms with Crippen molar-refractivity contribution in [2.45, 2.75) is 51.4 Å². The van der Waals surface area contributed by atoms with Crippen molar-refractivity contribution >= 4 is 17.4 Å². The Bertz CT molecular complexity index is 150. The van der Waals surface area contributed by atoms with Crippen LogP contribution in [0.4, 0.5) is 0 Å². The summed E-state index contributed by atoms with van der Waals surface area (Å²) < 4.78 is 0. The van der Waals surface area contributed by atoms with E-state index in [1.165, 1.54) is 32.1 Å². The molecule has 2 heteroatoms. The average molecular weight is 203 g/mol. The first-order chi connectivity index (χ1) is 6.33. The maximum atomic E-state index is 11.4. The lowest BCUT2D eigenvalue weighted by Gasteiger charge is -2.20. The average Bonchev–Trinajstić information content (AvgIpc) is 2.16. The molecule has 1 aliphatic carbocycles. The Labute approximate surface area is 85.8 Å². The highest BCUT2D eigenvalue weighted by molar-refractivity contribution is 6.17. The zero-order chi connectivity index (χ0) is 9.52. The Morgan fingerprint density at radius 2 is 1.92 bits per heavy atom. The SMILES string of the molecule is O=C(CCCCl)CC1CCCCC1. The van der Waals surface area contributed by atoms with Crippen LogP contribution in [-0.4, -0.2) is 11.7 Å². The zero-order valence-electron chi connectivity index (χ0n) is 8.23. The van der Waals surface area contributed by atoms with Crippen LogP contribution in [-0.2, 0) is 4.79 Å². The Hall–Kier alpha value is -0.0400. The summed E-state index contributed by atoms with van der Waals surface area (Å²) in [5.74, 6) is 1.74. The van der Waals surface area contributed by atoms with Crippen LogP contribution in [0.15, 0.2) is 0 Å². The normalized spacial score (nSPS) is 18.8. The molecule has 1 aliphatic rings. The molecule has 0 saturated heterocycles. The number of ketones is 1. The fourth-order valence-corrected chi connectivity index (χ4v) is 2.21. The first-order valence-corrected chi connectivity index (χ1v) is 5.94. The standard InChI is InChI=1S/C11H19ClO/c12-8-4-7-11(13)9-10-5-2-1-3-6-10/h10H,1-9H2. The number of hydrogen-bond donors (Lipinski definition) is 0. The fraction of sp³-hybridized carbons (Fsp3) is 0.909. The molecule has 0 radical (unpaired) electrons. The molecule has 0 aromatic heterocycles. The molecule has 1 nitrogen and oxygen atoms in total. The van der Waals surface area contributed by atoms with E-state index in [0.717, 1.165) is 12.8 Å². The van der Waals surface area contributed by atoms with Crippen LogP contribution in [0.3, 0.4) is 0 Å². The van der Waals surface area contributed by atoms with Gasteiger partial charge in [0.15, 0.2) is 0 Å². The summed E-state index contributed by atoms with van der Waals surface area (Å²) in [6.07, 6.45) is 8.93. The van der Waals surface area contributed by atoms with Crippen molar-refractivity contribution in [1.29, 1.82) is 0 Å². The van der Waals surface area contributed by atoms with Gasteiger partial charge in [-0.25, -0.2) is 0 Å². The minimum atomic E-state index is 0.424. The summed E-state index contributed by atoms with van der Waals surface area (Å²) in [6, 6.07) is 0. The van der Waals surface area contributed by atoms with E-state index < -0.39 is 0 Å². The highest BCUT2D eigenvalue weighted by Gasteiger charge is 2.16. The number of carbonyl (C=O) groups is 1. The first-order valence-electron chi connectivity index (χ1n) is 5.40. The predicted molar refractivity (Wildman–Crippen MR) is 56.2 cm³/mol. The van der Waals surface area contributed by atoms with Crippen molar-refractivity contribution < 1.29 is 4.79 Å². The lowest BCUT2D eigenvalue weighted by Crippen LogP contribution is -2.11. The van der Waals surface area contributed by atoms with E-state index in [9.17, 15) is 4.79 Å². The Kier molecular flexibility index (Phi) is 5.45. The van der Waals surface area contributed by atoms with E-state index in [1.54, 1.807) is 0 Å². The van der Waals surface area contributed by atoms with Crippen LogP contribution in [0.25, 0.3) is 0 Å². The van der Waals surface area contributed by atoms with Gasteiger partial charge in [0.1, 0.15) is 5.78 Å². The predicted octanol–water partition coefficient (Wildman–Crippen LogP) is 3.54. The van der Waals surface area contributed by atoms with Gasteiger partial charge in [-0.3, -0.25) is 4.79 Å². The molecule has 0 spiro atoms. The molecule has 76 valence electrons. The summed E-state index contributed by atoms with van der Waals surface area (Å²) >= 11 is 5.54. The van der Waals surface area contributed by atoms with Gasteiger partial charge in [0.2, 0.25) is 0 Å². The molecule has 1 saturated carbocycles. The maximum Gasteiger partial charge on any atom is 0.133 e. The molecule has 0 bridgehead atoms. The third-order valence-electron chi connectivity index (χ3n) is 2.83. The van der Waals surface area contributed by atoms with Crippen molar-refractivity contribution in [3.05, 3.63) is 0 Å². The zero-order valence-corrected chi connectivity index (χ0v) is 8.98. The lowest BCUT2D eigenvalue weighted by molar-refractivity contribution is -0.120. The fourth-order valence-electron chi connectivity index (χ4n) is 2.08. The van der Waals surface area contributed by atoms with E-state index in [0.29, 0.717) is 24.0 Å². The van der Waals surface area contributed by atoms with Crippen molar-refractivity contribution in [1.82, 2.24) is 0 Å². The van der Waals surface area contributed by atoms with Crippen molar-refractivity contribution in [2.75, 3.05) is 5.88 Å². The highest BCUT2D eigenvalue weighted by atomic mass is 35.5. The summed E-state index contributed by atoms with van der Waals surface area (Å²) in [7, 11) is 0. The van der Waals surface area contributed by atoms with Crippen LogP contribution in [0.1, 0.15) is 51.4 Å². The Balaban J connectivity index is 2.11. The number of hydrogen-bond acceptors (Lipinski definition) is 1. The molecule has 0 heterocycles. The second-order valence-corrected chi connectivity index (χ2v) is 4.42. The number of alkyl halides is 1. The van der Waals surface area contributed by atoms with E-state index in [1.807, 2.05) is 0 Å². The van der Waals surface area contributed by atoms with E-state index >= 15 is 0 Å². The van der Waals surface area contributed by atoms with Gasteiger partial charge in [-0.2, -0.15) is 0 Å². The third kappa shape index (κ3) is 4.66. The van der Waals surface area contributed by atoms with Crippen LogP contribution in [0.2, 0.25) is 0 Å². The van der Waals surface area contributed by atoms with Gasteiger partial charge in [-0.05, 0) is 12.3 Å². The summed E-state index contributed by atoms with van der Waals surface area (Å²) in [5.41, 5.74) is 0. The largest absolute Gasteiger partial charge is 0.300 e. The minimum absolute atomic E-state index is 0.424. The van der Waals surface area contributed by atoms with Gasteiger partial charge in [0.25, 0.3) is 0 Å². The molecule has 0 unspecified atom stereocenters. The first kappa shape index (κ1) is 11.0. The van der Waals surface area contributed by atoms with Gasteiger partial charge in [0, 0.05) is 18.7 Å². The van der Waals surface area contributed by atoms with Gasteiger partial charge in [-0.15, -0.1) is 11.6 Å². The van der Waals surface area contributed by atoms with Gasteiger partial charge in [-0.1, -0.05) is 32.1 Å². The monoisotopic (exact) mass is 202 g/mol. The van der Waals surface area contributed by atoms with Gasteiger partial charge >= 0.3 is 0 Å². The summed E-state index contributed by atoms with van der Waals surface area (Å²) in [6.45, 7) is 0. The minimum Gasteiger partial charge on any atom is -0.300 e. The summed E-state index contributed by atoms with van der Waals surface area (Å²) in [5, 5.41) is 0. The van der Waals surface area contributed by atoms with Gasteiger partial charge < -0.3 is 0 Å². The number of carbonyl (C=O) groups excluding carboxylic acids is 1. The van der Waals surface area contributed by atoms with E-state index in [4.69, 9.17) is 11.6 Å². The molecule has 1 rings (SSSR count). The Morgan fingerprint density at radius 3 is 2.54 bits per heavy atom. The van der Waals surface area contributed by atoms with Crippen LogP contribution in [0.5, 0.6) is 0 Å². The molecule has 0 aromatic carbocycles. The molecular weight excluding hydrogens is 184 g/mol. The second kappa shape index (κ2) is 6.42. The number of rotatable bonds is 5. The molecule has 0 atom stereocenters. The molecular formula is C11H19ClO. The van der Waals surface area contributed by atoms with Crippen LogP contribution < -0.4 is 0 Å². The molecule has 13 heavy (non-hydrogen) atoms. The van der Waals surface area contributed by atoms with E-state index in [-0.39, 0.29) is 0 Å². The quantitative estimate of drug-likeness (QED) is 0.624. The Morgan fingerprint density at radius 1 is 1.23 bits per heavy atom. The summed E-state index contributed by atoms with van der Waals surface area (Å²) in [4.78, 5) is 11.4. The van der Waals surface area contributed by atoms with Gasteiger partial charge in [0.05, 0.1) is 0 Å². The maximum absolute atomic E-state index is 11.4. The van der Waals surface area contributed by atoms with E-state index in [2.05, 4.69) is 0 Å². The van der Waals surface area contributed by atoms with Crippen molar-refractivity contribution in [3.63, 3.8) is 0 Å². The van der Waals surface area contributed by atoms with Crippen LogP contribution >= 0.6 is 11.6 Å². The molecule has 1 fully saturated rings. The van der Waals surface area contributed by atoms with Crippen molar-refractivity contribution in [3.8, 4) is 0 Å². The topological polar surface area (TPSA) is 17.1 Å². The third-order valence-corrected chi connectivity index (χ3v) is 3.10. The number of Topliss-reactive ketones (excluding diaryl/α,β-unsaturated/α-hetero) is 1. The molecule has 0 aromatic rings. The second-order valence-electron chi connectivity index (χ2n) is 4.04. The van der Waals surface area contributed by atoms with Crippen LogP contribution in [0, 0.1) is 5.92 Å².